The Bertz CT molecular complexity index is 396. The predicted octanol–water partition coefficient (Wildman–Crippen LogP) is 3.21. The first-order valence-corrected chi connectivity index (χ1v) is 5.92. The number of Topliss-reactive ketones (excluding diaryl/α,β-unsaturated/α-hetero) is 1. The van der Waals surface area contributed by atoms with Gasteiger partial charge in [-0.15, -0.1) is 0 Å². The molecule has 0 aliphatic heterocycles. The fraction of sp³-hybridized carbons (Fsp3) is 0.429. The van der Waals surface area contributed by atoms with Gasteiger partial charge >= 0.3 is 5.97 Å². The molecule has 1 N–H and O–H groups in total. The molecule has 0 atom stereocenters. The van der Waals surface area contributed by atoms with E-state index < -0.39 is 5.97 Å². The Hall–Kier alpha value is -1.64. The molecule has 1 aromatic rings. The Morgan fingerprint density at radius 2 is 1.71 bits per heavy atom. The summed E-state index contributed by atoms with van der Waals surface area (Å²) in [7, 11) is 0. The lowest BCUT2D eigenvalue weighted by Crippen LogP contribution is -2.01. The van der Waals surface area contributed by atoms with Gasteiger partial charge in [-0.2, -0.15) is 0 Å². The van der Waals surface area contributed by atoms with Crippen LogP contribution in [0.1, 0.15) is 48.0 Å². The zero-order chi connectivity index (χ0) is 12.7. The Balaban J connectivity index is 2.31. The first-order valence-electron chi connectivity index (χ1n) is 5.92. The van der Waals surface area contributed by atoms with Crippen molar-refractivity contribution in [2.24, 2.45) is 0 Å². The second kappa shape index (κ2) is 6.84. The van der Waals surface area contributed by atoms with E-state index in [2.05, 4.69) is 0 Å². The zero-order valence-electron chi connectivity index (χ0n) is 10.1. The molecule has 92 valence electrons. The van der Waals surface area contributed by atoms with Gasteiger partial charge in [-0.05, 0) is 25.3 Å². The molecule has 0 unspecified atom stereocenters. The van der Waals surface area contributed by atoms with Crippen LogP contribution in [-0.2, 0) is 4.79 Å². The molecular weight excluding hydrogens is 216 g/mol. The number of hydrogen-bond donors (Lipinski definition) is 1. The number of aliphatic carboxylic acids is 1. The van der Waals surface area contributed by atoms with Crippen molar-refractivity contribution in [2.75, 3.05) is 0 Å². The SMILES string of the molecule is Cc1ccccc1C(=O)CCCCCC(=O)O. The maximum absolute atomic E-state index is 11.8. The number of aryl methyl sites for hydroxylation is 1. The lowest BCUT2D eigenvalue weighted by molar-refractivity contribution is -0.137. The molecule has 0 saturated carbocycles. The molecule has 0 radical (unpaired) electrons. The highest BCUT2D eigenvalue weighted by molar-refractivity contribution is 5.97. The maximum Gasteiger partial charge on any atom is 0.303 e. The minimum atomic E-state index is -0.768. The number of rotatable bonds is 7. The number of carboxylic acids is 1. The largest absolute Gasteiger partial charge is 0.481 e. The van der Waals surface area contributed by atoms with Crippen molar-refractivity contribution in [2.45, 2.75) is 39.0 Å². The van der Waals surface area contributed by atoms with Gasteiger partial charge in [-0.25, -0.2) is 0 Å². The summed E-state index contributed by atoms with van der Waals surface area (Å²) >= 11 is 0. The van der Waals surface area contributed by atoms with E-state index in [-0.39, 0.29) is 12.2 Å². The quantitative estimate of drug-likeness (QED) is 0.582. The van der Waals surface area contributed by atoms with Gasteiger partial charge in [-0.3, -0.25) is 9.59 Å². The molecule has 1 rings (SSSR count). The van der Waals surface area contributed by atoms with Crippen molar-refractivity contribution in [1.29, 1.82) is 0 Å². The third kappa shape index (κ3) is 4.81. The van der Waals surface area contributed by atoms with Gasteiger partial charge in [-0.1, -0.05) is 30.7 Å². The number of carboxylic acid groups (broad SMARTS) is 1. The first kappa shape index (κ1) is 13.4. The molecule has 0 fully saturated rings. The Labute approximate surface area is 101 Å². The van der Waals surface area contributed by atoms with E-state index in [1.54, 1.807) is 0 Å². The summed E-state index contributed by atoms with van der Waals surface area (Å²) < 4.78 is 0. The third-order valence-electron chi connectivity index (χ3n) is 2.74. The van der Waals surface area contributed by atoms with Crippen LogP contribution in [0.3, 0.4) is 0 Å². The molecule has 0 aliphatic rings. The minimum Gasteiger partial charge on any atom is -0.481 e. The fourth-order valence-electron chi connectivity index (χ4n) is 1.76. The lowest BCUT2D eigenvalue weighted by Gasteiger charge is -2.04. The molecule has 17 heavy (non-hydrogen) atoms. The molecule has 3 heteroatoms. The number of ketones is 1. The van der Waals surface area contributed by atoms with Crippen LogP contribution in [0.5, 0.6) is 0 Å². The monoisotopic (exact) mass is 234 g/mol. The van der Waals surface area contributed by atoms with E-state index >= 15 is 0 Å². The van der Waals surface area contributed by atoms with Crippen LogP contribution in [0.4, 0.5) is 0 Å². The molecular formula is C14H18O3. The second-order valence-corrected chi connectivity index (χ2v) is 4.19. The molecule has 0 heterocycles. The molecule has 0 spiro atoms. The van der Waals surface area contributed by atoms with E-state index in [0.29, 0.717) is 12.8 Å². The van der Waals surface area contributed by atoms with Gasteiger partial charge in [0.1, 0.15) is 0 Å². The summed E-state index contributed by atoms with van der Waals surface area (Å²) in [6.45, 7) is 1.93. The molecule has 0 bridgehead atoms. The van der Waals surface area contributed by atoms with Crippen LogP contribution in [0.2, 0.25) is 0 Å². The van der Waals surface area contributed by atoms with Crippen LogP contribution >= 0.6 is 0 Å². The number of benzene rings is 1. The predicted molar refractivity (Wildman–Crippen MR) is 66.2 cm³/mol. The first-order chi connectivity index (χ1) is 8.11. The molecule has 1 aromatic carbocycles. The van der Waals surface area contributed by atoms with Gasteiger partial charge in [0.2, 0.25) is 0 Å². The van der Waals surface area contributed by atoms with Gasteiger partial charge in [0.05, 0.1) is 0 Å². The number of carbonyl (C=O) groups is 2. The summed E-state index contributed by atoms with van der Waals surface area (Å²) in [5.41, 5.74) is 1.79. The summed E-state index contributed by atoms with van der Waals surface area (Å²) in [5.74, 6) is -0.617. The van der Waals surface area contributed by atoms with Gasteiger partial charge < -0.3 is 5.11 Å². The normalized spacial score (nSPS) is 10.2. The average Bonchev–Trinajstić information content (AvgIpc) is 2.28. The second-order valence-electron chi connectivity index (χ2n) is 4.19. The van der Waals surface area contributed by atoms with Gasteiger partial charge in [0, 0.05) is 18.4 Å². The maximum atomic E-state index is 11.8. The van der Waals surface area contributed by atoms with Crippen molar-refractivity contribution in [3.63, 3.8) is 0 Å². The average molecular weight is 234 g/mol. The highest BCUT2D eigenvalue weighted by atomic mass is 16.4. The Kier molecular flexibility index (Phi) is 5.40. The van der Waals surface area contributed by atoms with Crippen molar-refractivity contribution in [1.82, 2.24) is 0 Å². The number of unbranched alkanes of at least 4 members (excludes halogenated alkanes) is 2. The molecule has 0 amide bonds. The molecule has 0 aliphatic carbocycles. The number of carbonyl (C=O) groups excluding carboxylic acids is 1. The van der Waals surface area contributed by atoms with Crippen LogP contribution in [0.25, 0.3) is 0 Å². The highest BCUT2D eigenvalue weighted by Crippen LogP contribution is 2.12. The number of hydrogen-bond acceptors (Lipinski definition) is 2. The van der Waals surface area contributed by atoms with Crippen molar-refractivity contribution in [3.05, 3.63) is 35.4 Å². The van der Waals surface area contributed by atoms with E-state index in [1.165, 1.54) is 0 Å². The van der Waals surface area contributed by atoms with Crippen LogP contribution < -0.4 is 0 Å². The smallest absolute Gasteiger partial charge is 0.303 e. The summed E-state index contributed by atoms with van der Waals surface area (Å²) in [5, 5.41) is 8.47. The molecule has 3 nitrogen and oxygen atoms in total. The van der Waals surface area contributed by atoms with E-state index in [4.69, 9.17) is 5.11 Å². The topological polar surface area (TPSA) is 54.4 Å². The zero-order valence-corrected chi connectivity index (χ0v) is 10.1. The molecule has 0 aromatic heterocycles. The fourth-order valence-corrected chi connectivity index (χ4v) is 1.76. The summed E-state index contributed by atoms with van der Waals surface area (Å²) in [6, 6.07) is 7.55. The van der Waals surface area contributed by atoms with Crippen LogP contribution in [0.15, 0.2) is 24.3 Å². The Morgan fingerprint density at radius 3 is 2.35 bits per heavy atom. The summed E-state index contributed by atoms with van der Waals surface area (Å²) in [6.07, 6.45) is 2.91. The van der Waals surface area contributed by atoms with Crippen LogP contribution in [0, 0.1) is 6.92 Å². The van der Waals surface area contributed by atoms with E-state index in [9.17, 15) is 9.59 Å². The van der Waals surface area contributed by atoms with Gasteiger partial charge in [0.15, 0.2) is 5.78 Å². The standard InChI is InChI=1S/C14H18O3/c1-11-7-5-6-8-12(11)13(15)9-3-2-4-10-14(16)17/h5-8H,2-4,9-10H2,1H3,(H,16,17). The Morgan fingerprint density at radius 1 is 1.06 bits per heavy atom. The summed E-state index contributed by atoms with van der Waals surface area (Å²) in [4.78, 5) is 22.1. The van der Waals surface area contributed by atoms with E-state index in [0.717, 1.165) is 24.0 Å². The highest BCUT2D eigenvalue weighted by Gasteiger charge is 2.07. The lowest BCUT2D eigenvalue weighted by atomic mass is 10.0. The van der Waals surface area contributed by atoms with Crippen molar-refractivity contribution < 1.29 is 14.7 Å². The van der Waals surface area contributed by atoms with E-state index in [1.807, 2.05) is 31.2 Å². The van der Waals surface area contributed by atoms with Gasteiger partial charge in [0.25, 0.3) is 0 Å². The van der Waals surface area contributed by atoms with Crippen LogP contribution in [-0.4, -0.2) is 16.9 Å². The minimum absolute atomic E-state index is 0.151. The molecule has 0 saturated heterocycles. The third-order valence-corrected chi connectivity index (χ3v) is 2.74. The van der Waals surface area contributed by atoms with Crippen molar-refractivity contribution >= 4 is 11.8 Å². The van der Waals surface area contributed by atoms with Crippen molar-refractivity contribution in [3.8, 4) is 0 Å².